The first kappa shape index (κ1) is 26.3. The fourth-order valence-corrected chi connectivity index (χ4v) is 6.35. The summed E-state index contributed by atoms with van der Waals surface area (Å²) in [6.07, 6.45) is 8.76. The Balaban J connectivity index is 1.51. The summed E-state index contributed by atoms with van der Waals surface area (Å²) in [7, 11) is 0. The summed E-state index contributed by atoms with van der Waals surface area (Å²) >= 11 is 19.0. The highest BCUT2D eigenvalue weighted by Crippen LogP contribution is 2.40. The summed E-state index contributed by atoms with van der Waals surface area (Å²) in [5.41, 5.74) is 7.35. The third-order valence-electron chi connectivity index (χ3n) is 7.37. The van der Waals surface area contributed by atoms with Crippen LogP contribution in [0.4, 0.5) is 17.6 Å². The lowest BCUT2D eigenvalue weighted by molar-refractivity contribution is -0.122. The minimum Gasteiger partial charge on any atom is -0.393 e. The molecule has 3 aromatic rings. The second kappa shape index (κ2) is 11.2. The van der Waals surface area contributed by atoms with Crippen molar-refractivity contribution in [2.24, 2.45) is 11.7 Å². The van der Waals surface area contributed by atoms with E-state index in [2.05, 4.69) is 15.6 Å². The number of imidazole rings is 1. The van der Waals surface area contributed by atoms with Crippen LogP contribution in [-0.2, 0) is 4.79 Å². The molecular weight excluding hydrogens is 537 g/mol. The molecule has 37 heavy (non-hydrogen) atoms. The number of aliphatic hydroxyl groups is 1. The Bertz CT molecular complexity index is 1270. The van der Waals surface area contributed by atoms with Gasteiger partial charge in [-0.05, 0) is 57.1 Å². The molecular formula is C25H30Cl3N7O2. The van der Waals surface area contributed by atoms with E-state index < -0.39 is 0 Å². The molecule has 9 nitrogen and oxygen atoms in total. The average molecular weight is 567 g/mol. The van der Waals surface area contributed by atoms with Crippen LogP contribution in [0.15, 0.2) is 18.3 Å². The van der Waals surface area contributed by atoms with Gasteiger partial charge in [-0.1, -0.05) is 47.6 Å². The standard InChI is InChI=1S/C25H30Cl3N7O2/c26-14-9-18(27)21(19(28)10-14)33-25-32-20-12-30-24(31-15-3-1-2-4-17(36)11-15)34-23(20)35(25)16-7-5-13(6-8-16)22(29)37/h9-10,12-13,15-17,36H,1-8,11H2,(H2,29,37)(H,32,33)(H,30,31,34). The van der Waals surface area contributed by atoms with Gasteiger partial charge in [0, 0.05) is 23.0 Å². The monoisotopic (exact) mass is 565 g/mol. The van der Waals surface area contributed by atoms with E-state index in [0.29, 0.717) is 63.1 Å². The van der Waals surface area contributed by atoms with Crippen molar-refractivity contribution >= 4 is 69.5 Å². The second-order valence-electron chi connectivity index (χ2n) is 10.0. The molecule has 2 aliphatic rings. The number of carbonyl (C=O) groups excluding carboxylic acids is 1. The molecule has 5 rings (SSSR count). The number of aromatic nitrogens is 4. The van der Waals surface area contributed by atoms with Crippen LogP contribution < -0.4 is 16.4 Å². The Morgan fingerprint density at radius 1 is 1.03 bits per heavy atom. The van der Waals surface area contributed by atoms with Gasteiger partial charge in [0.05, 0.1) is 28.0 Å². The van der Waals surface area contributed by atoms with Crippen molar-refractivity contribution < 1.29 is 9.90 Å². The molecule has 198 valence electrons. The van der Waals surface area contributed by atoms with Crippen LogP contribution in [-0.4, -0.2) is 42.7 Å². The minimum atomic E-state index is -0.320. The largest absolute Gasteiger partial charge is 0.393 e. The number of rotatable bonds is 6. The Morgan fingerprint density at radius 2 is 1.73 bits per heavy atom. The van der Waals surface area contributed by atoms with Gasteiger partial charge in [-0.2, -0.15) is 4.98 Å². The van der Waals surface area contributed by atoms with Crippen LogP contribution >= 0.6 is 34.8 Å². The number of halogens is 3. The molecule has 2 atom stereocenters. The molecule has 0 aliphatic heterocycles. The van der Waals surface area contributed by atoms with Crippen LogP contribution in [0.3, 0.4) is 0 Å². The highest BCUT2D eigenvalue weighted by molar-refractivity contribution is 6.41. The predicted octanol–water partition coefficient (Wildman–Crippen LogP) is 5.85. The van der Waals surface area contributed by atoms with Crippen molar-refractivity contribution in [3.8, 4) is 0 Å². The number of nitrogens with two attached hydrogens (primary N) is 1. The molecule has 2 heterocycles. The summed E-state index contributed by atoms with van der Waals surface area (Å²) in [6, 6.07) is 3.37. The molecule has 1 aromatic carbocycles. The third kappa shape index (κ3) is 5.90. The predicted molar refractivity (Wildman–Crippen MR) is 147 cm³/mol. The van der Waals surface area contributed by atoms with E-state index in [4.69, 9.17) is 50.5 Å². The molecule has 12 heteroatoms. The molecule has 2 saturated carbocycles. The van der Waals surface area contributed by atoms with Gasteiger partial charge in [0.25, 0.3) is 0 Å². The van der Waals surface area contributed by atoms with Crippen molar-refractivity contribution in [1.82, 2.24) is 19.5 Å². The number of amides is 1. The number of hydrogen-bond donors (Lipinski definition) is 4. The fourth-order valence-electron chi connectivity index (χ4n) is 5.43. The maximum absolute atomic E-state index is 11.8. The van der Waals surface area contributed by atoms with Crippen molar-refractivity contribution in [3.05, 3.63) is 33.4 Å². The lowest BCUT2D eigenvalue weighted by Crippen LogP contribution is -2.29. The highest BCUT2D eigenvalue weighted by atomic mass is 35.5. The zero-order valence-electron chi connectivity index (χ0n) is 20.3. The van der Waals surface area contributed by atoms with Crippen molar-refractivity contribution in [1.29, 1.82) is 0 Å². The topological polar surface area (TPSA) is 131 Å². The fraction of sp³-hybridized carbons (Fsp3) is 0.520. The number of aliphatic hydroxyl groups excluding tert-OH is 1. The molecule has 2 aliphatic carbocycles. The first-order chi connectivity index (χ1) is 17.8. The van der Waals surface area contributed by atoms with E-state index in [-0.39, 0.29) is 30.0 Å². The van der Waals surface area contributed by atoms with Crippen LogP contribution in [0.25, 0.3) is 11.2 Å². The van der Waals surface area contributed by atoms with Crippen LogP contribution in [0, 0.1) is 5.92 Å². The first-order valence-corrected chi connectivity index (χ1v) is 13.8. The van der Waals surface area contributed by atoms with Crippen molar-refractivity contribution in [3.63, 3.8) is 0 Å². The smallest absolute Gasteiger partial charge is 0.224 e. The van der Waals surface area contributed by atoms with E-state index in [9.17, 15) is 9.90 Å². The van der Waals surface area contributed by atoms with Crippen LogP contribution in [0.1, 0.15) is 63.8 Å². The number of fused-ring (bicyclic) bond motifs is 1. The number of nitrogens with one attached hydrogen (secondary N) is 2. The Labute approximate surface area is 230 Å². The van der Waals surface area contributed by atoms with Gasteiger partial charge in [-0.25, -0.2) is 9.97 Å². The number of hydrogen-bond acceptors (Lipinski definition) is 7. The number of primary amides is 1. The van der Waals surface area contributed by atoms with Gasteiger partial charge in [-0.3, -0.25) is 9.36 Å². The number of carbonyl (C=O) groups is 1. The van der Waals surface area contributed by atoms with Gasteiger partial charge in [-0.15, -0.1) is 0 Å². The number of anilines is 3. The van der Waals surface area contributed by atoms with E-state index in [1.807, 2.05) is 4.57 Å². The summed E-state index contributed by atoms with van der Waals surface area (Å²) in [6.45, 7) is 0. The number of nitrogens with zero attached hydrogens (tertiary/aromatic N) is 4. The van der Waals surface area contributed by atoms with Gasteiger partial charge in [0.1, 0.15) is 5.52 Å². The molecule has 0 spiro atoms. The summed E-state index contributed by atoms with van der Waals surface area (Å²) in [4.78, 5) is 25.9. The lowest BCUT2D eigenvalue weighted by Gasteiger charge is -2.29. The van der Waals surface area contributed by atoms with Gasteiger partial charge in [0.2, 0.25) is 17.8 Å². The quantitative estimate of drug-likeness (QED) is 0.275. The molecule has 2 unspecified atom stereocenters. The molecule has 0 bridgehead atoms. The second-order valence-corrected chi connectivity index (χ2v) is 11.3. The molecule has 2 fully saturated rings. The van der Waals surface area contributed by atoms with Crippen molar-refractivity contribution in [2.75, 3.05) is 10.6 Å². The molecule has 0 radical (unpaired) electrons. The first-order valence-electron chi connectivity index (χ1n) is 12.7. The third-order valence-corrected chi connectivity index (χ3v) is 8.18. The number of benzene rings is 1. The van der Waals surface area contributed by atoms with Gasteiger partial charge in [0.15, 0.2) is 5.65 Å². The maximum atomic E-state index is 11.8. The van der Waals surface area contributed by atoms with Crippen LogP contribution in [0.5, 0.6) is 0 Å². The normalized spacial score (nSPS) is 24.5. The van der Waals surface area contributed by atoms with Crippen LogP contribution in [0.2, 0.25) is 15.1 Å². The molecule has 5 N–H and O–H groups in total. The SMILES string of the molecule is NC(=O)C1CCC(n2c(Nc3c(Cl)cc(Cl)cc3Cl)nc3cnc(NC4CCCCC(O)C4)nc32)CC1. The average Bonchev–Trinajstić information content (AvgIpc) is 3.07. The van der Waals surface area contributed by atoms with E-state index in [0.717, 1.165) is 38.5 Å². The Morgan fingerprint density at radius 3 is 2.43 bits per heavy atom. The molecule has 2 aromatic heterocycles. The summed E-state index contributed by atoms with van der Waals surface area (Å²) in [5.74, 6) is 0.634. The maximum Gasteiger partial charge on any atom is 0.224 e. The minimum absolute atomic E-state index is 0.0374. The van der Waals surface area contributed by atoms with E-state index in [1.165, 1.54) is 0 Å². The van der Waals surface area contributed by atoms with Gasteiger partial charge < -0.3 is 21.5 Å². The molecule has 0 saturated heterocycles. The zero-order valence-corrected chi connectivity index (χ0v) is 22.5. The summed E-state index contributed by atoms with van der Waals surface area (Å²) < 4.78 is 2.04. The Kier molecular flexibility index (Phi) is 7.95. The molecule has 1 amide bonds. The van der Waals surface area contributed by atoms with E-state index in [1.54, 1.807) is 18.3 Å². The zero-order chi connectivity index (χ0) is 26.1. The van der Waals surface area contributed by atoms with Gasteiger partial charge >= 0.3 is 0 Å². The Hall–Kier alpha value is -2.33. The lowest BCUT2D eigenvalue weighted by atomic mass is 9.85. The highest BCUT2D eigenvalue weighted by Gasteiger charge is 2.30. The summed E-state index contributed by atoms with van der Waals surface area (Å²) in [5, 5.41) is 18.1. The van der Waals surface area contributed by atoms with E-state index >= 15 is 0 Å². The van der Waals surface area contributed by atoms with Crippen molar-refractivity contribution in [2.45, 2.75) is 76.0 Å².